The minimum Gasteiger partial charge on any atom is -0.324 e. The first-order valence-corrected chi connectivity index (χ1v) is 8.26. The predicted molar refractivity (Wildman–Crippen MR) is 87.0 cm³/mol. The molecule has 1 saturated heterocycles. The minimum atomic E-state index is -0.379. The van der Waals surface area contributed by atoms with Gasteiger partial charge >= 0.3 is 0 Å². The third kappa shape index (κ3) is 3.11. The highest BCUT2D eigenvalue weighted by Gasteiger charge is 2.48. The Labute approximate surface area is 140 Å². The number of amides is 3. The summed E-state index contributed by atoms with van der Waals surface area (Å²) >= 11 is 5.93. The molecule has 6 heteroatoms. The molecule has 23 heavy (non-hydrogen) atoms. The van der Waals surface area contributed by atoms with Gasteiger partial charge in [-0.1, -0.05) is 30.5 Å². The van der Waals surface area contributed by atoms with Crippen molar-refractivity contribution in [2.45, 2.75) is 32.6 Å². The second-order valence-electron chi connectivity index (χ2n) is 6.27. The van der Waals surface area contributed by atoms with Gasteiger partial charge in [0.1, 0.15) is 6.54 Å². The fraction of sp³-hybridized carbons (Fsp3) is 0.471. The second kappa shape index (κ2) is 6.32. The van der Waals surface area contributed by atoms with Crippen LogP contribution in [0.25, 0.3) is 0 Å². The maximum absolute atomic E-state index is 12.4. The summed E-state index contributed by atoms with van der Waals surface area (Å²) in [5.74, 6) is -1.22. The monoisotopic (exact) mass is 334 g/mol. The number of likely N-dealkylation sites (tertiary alicyclic amines) is 1. The van der Waals surface area contributed by atoms with Gasteiger partial charge in [0, 0.05) is 10.7 Å². The highest BCUT2D eigenvalue weighted by atomic mass is 35.5. The molecule has 0 bridgehead atoms. The summed E-state index contributed by atoms with van der Waals surface area (Å²) in [5, 5.41) is 3.25. The van der Waals surface area contributed by atoms with Crippen molar-refractivity contribution in [1.82, 2.24) is 4.90 Å². The fourth-order valence-corrected chi connectivity index (χ4v) is 3.62. The van der Waals surface area contributed by atoms with E-state index in [-0.39, 0.29) is 36.1 Å². The molecule has 122 valence electrons. The highest BCUT2D eigenvalue weighted by molar-refractivity contribution is 6.31. The van der Waals surface area contributed by atoms with E-state index in [1.54, 1.807) is 18.2 Å². The average molecular weight is 335 g/mol. The molecule has 3 rings (SSSR count). The molecule has 1 aromatic rings. The number of carbonyl (C=O) groups excluding carboxylic acids is 3. The Bertz CT molecular complexity index is 650. The number of imide groups is 1. The molecule has 1 heterocycles. The average Bonchev–Trinajstić information content (AvgIpc) is 2.76. The Kier molecular flexibility index (Phi) is 4.39. The number of rotatable bonds is 3. The van der Waals surface area contributed by atoms with Crippen molar-refractivity contribution in [2.24, 2.45) is 11.8 Å². The van der Waals surface area contributed by atoms with Crippen LogP contribution in [0.4, 0.5) is 5.69 Å². The Morgan fingerprint density at radius 2 is 1.83 bits per heavy atom. The zero-order valence-electron chi connectivity index (χ0n) is 13.0. The van der Waals surface area contributed by atoms with Crippen molar-refractivity contribution in [2.75, 3.05) is 11.9 Å². The summed E-state index contributed by atoms with van der Waals surface area (Å²) in [6.07, 6.45) is 3.45. The quantitative estimate of drug-likeness (QED) is 0.864. The van der Waals surface area contributed by atoms with E-state index in [0.717, 1.165) is 36.1 Å². The van der Waals surface area contributed by atoms with Gasteiger partial charge in [-0.3, -0.25) is 19.3 Å². The number of hydrogen-bond acceptors (Lipinski definition) is 3. The lowest BCUT2D eigenvalue weighted by atomic mass is 9.81. The van der Waals surface area contributed by atoms with E-state index in [2.05, 4.69) is 5.32 Å². The molecular formula is C17H19ClN2O3. The van der Waals surface area contributed by atoms with Gasteiger partial charge in [-0.15, -0.1) is 0 Å². The van der Waals surface area contributed by atoms with E-state index in [1.165, 1.54) is 0 Å². The van der Waals surface area contributed by atoms with Gasteiger partial charge in [-0.25, -0.2) is 0 Å². The van der Waals surface area contributed by atoms with Crippen molar-refractivity contribution in [1.29, 1.82) is 0 Å². The Hall–Kier alpha value is -1.88. The molecule has 1 N–H and O–H groups in total. The first-order chi connectivity index (χ1) is 11.0. The molecule has 0 unspecified atom stereocenters. The van der Waals surface area contributed by atoms with Crippen LogP contribution in [0.1, 0.15) is 31.2 Å². The molecule has 1 aromatic carbocycles. The smallest absolute Gasteiger partial charge is 0.244 e. The van der Waals surface area contributed by atoms with Crippen molar-refractivity contribution in [3.8, 4) is 0 Å². The van der Waals surface area contributed by atoms with Crippen LogP contribution in [0, 0.1) is 18.8 Å². The Morgan fingerprint density at radius 1 is 1.22 bits per heavy atom. The van der Waals surface area contributed by atoms with Gasteiger partial charge in [0.05, 0.1) is 11.8 Å². The molecule has 2 fully saturated rings. The van der Waals surface area contributed by atoms with Gasteiger partial charge in [-0.05, 0) is 37.5 Å². The molecular weight excluding hydrogens is 316 g/mol. The maximum Gasteiger partial charge on any atom is 0.244 e. The number of hydrogen-bond donors (Lipinski definition) is 1. The summed E-state index contributed by atoms with van der Waals surface area (Å²) in [6.45, 7) is 1.63. The molecule has 2 atom stereocenters. The number of carbonyl (C=O) groups is 3. The lowest BCUT2D eigenvalue weighted by Gasteiger charge is -2.19. The topological polar surface area (TPSA) is 66.5 Å². The van der Waals surface area contributed by atoms with Crippen LogP contribution in [0.5, 0.6) is 0 Å². The summed E-state index contributed by atoms with van der Waals surface area (Å²) < 4.78 is 0. The predicted octanol–water partition coefficient (Wildman–Crippen LogP) is 2.76. The summed E-state index contributed by atoms with van der Waals surface area (Å²) in [6, 6.07) is 5.20. The number of nitrogens with zero attached hydrogens (tertiary/aromatic N) is 1. The number of nitrogens with one attached hydrogen (secondary N) is 1. The number of fused-ring (bicyclic) bond motifs is 1. The third-order valence-electron chi connectivity index (χ3n) is 4.71. The third-order valence-corrected chi connectivity index (χ3v) is 4.94. The van der Waals surface area contributed by atoms with Crippen LogP contribution in [0.3, 0.4) is 0 Å². The lowest BCUT2D eigenvalue weighted by Crippen LogP contribution is -2.38. The number of benzene rings is 1. The van der Waals surface area contributed by atoms with Crippen LogP contribution in [0.2, 0.25) is 5.02 Å². The largest absolute Gasteiger partial charge is 0.324 e. The molecule has 1 saturated carbocycles. The van der Waals surface area contributed by atoms with Crippen LogP contribution < -0.4 is 5.32 Å². The van der Waals surface area contributed by atoms with E-state index in [9.17, 15) is 14.4 Å². The van der Waals surface area contributed by atoms with Gasteiger partial charge in [0.25, 0.3) is 0 Å². The molecule has 5 nitrogen and oxygen atoms in total. The lowest BCUT2D eigenvalue weighted by molar-refractivity contribution is -0.142. The number of halogens is 1. The Morgan fingerprint density at radius 3 is 2.43 bits per heavy atom. The van der Waals surface area contributed by atoms with Crippen LogP contribution in [0.15, 0.2) is 18.2 Å². The van der Waals surface area contributed by atoms with E-state index < -0.39 is 0 Å². The minimum absolute atomic E-state index is 0.197. The van der Waals surface area contributed by atoms with Crippen molar-refractivity contribution >= 4 is 35.0 Å². The number of aryl methyl sites for hydroxylation is 1. The number of anilines is 1. The van der Waals surface area contributed by atoms with Crippen LogP contribution in [-0.2, 0) is 14.4 Å². The first-order valence-electron chi connectivity index (χ1n) is 7.88. The van der Waals surface area contributed by atoms with Crippen LogP contribution >= 0.6 is 11.6 Å². The first kappa shape index (κ1) is 16.0. The molecule has 2 aliphatic rings. The summed E-state index contributed by atoms with van der Waals surface area (Å²) in [7, 11) is 0. The van der Waals surface area contributed by atoms with Crippen molar-refractivity contribution in [3.63, 3.8) is 0 Å². The zero-order chi connectivity index (χ0) is 16.6. The zero-order valence-corrected chi connectivity index (χ0v) is 13.7. The second-order valence-corrected chi connectivity index (χ2v) is 6.70. The normalized spacial score (nSPS) is 23.8. The molecule has 0 spiro atoms. The summed E-state index contributed by atoms with van der Waals surface area (Å²) in [4.78, 5) is 38.1. The van der Waals surface area contributed by atoms with Crippen molar-refractivity contribution in [3.05, 3.63) is 28.8 Å². The fourth-order valence-electron chi connectivity index (χ4n) is 3.45. The molecule has 3 amide bonds. The van der Waals surface area contributed by atoms with Crippen LogP contribution in [-0.4, -0.2) is 29.2 Å². The van der Waals surface area contributed by atoms with Gasteiger partial charge < -0.3 is 5.32 Å². The van der Waals surface area contributed by atoms with E-state index in [0.29, 0.717) is 10.7 Å². The molecule has 0 radical (unpaired) electrons. The molecule has 0 aromatic heterocycles. The molecule has 1 aliphatic carbocycles. The van der Waals surface area contributed by atoms with Gasteiger partial charge in [-0.2, -0.15) is 0 Å². The van der Waals surface area contributed by atoms with Gasteiger partial charge in [0.15, 0.2) is 0 Å². The van der Waals surface area contributed by atoms with E-state index >= 15 is 0 Å². The maximum atomic E-state index is 12.4. The van der Waals surface area contributed by atoms with E-state index in [4.69, 9.17) is 11.6 Å². The Balaban J connectivity index is 1.69. The summed E-state index contributed by atoms with van der Waals surface area (Å²) in [5.41, 5.74) is 1.47. The molecule has 1 aliphatic heterocycles. The SMILES string of the molecule is Cc1ccc(Cl)cc1NC(=O)CN1C(=O)[C@H]2CCCC[C@@H]2C1=O. The van der Waals surface area contributed by atoms with Gasteiger partial charge in [0.2, 0.25) is 17.7 Å². The van der Waals surface area contributed by atoms with Crippen molar-refractivity contribution < 1.29 is 14.4 Å². The van der Waals surface area contributed by atoms with E-state index in [1.807, 2.05) is 6.92 Å². The highest BCUT2D eigenvalue weighted by Crippen LogP contribution is 2.37. The standard InChI is InChI=1S/C17H19ClN2O3/c1-10-6-7-11(18)8-14(10)19-15(21)9-20-16(22)12-4-2-3-5-13(12)17(20)23/h6-8,12-13H,2-5,9H2,1H3,(H,19,21)/t12-,13-/m0/s1.